The van der Waals surface area contributed by atoms with E-state index in [1.807, 2.05) is 0 Å². The maximum Gasteiger partial charge on any atom is 0.324 e. The second-order valence-electron chi connectivity index (χ2n) is 6.52. The highest BCUT2D eigenvalue weighted by atomic mass is 79.9. The van der Waals surface area contributed by atoms with Crippen LogP contribution in [0.3, 0.4) is 0 Å². The van der Waals surface area contributed by atoms with Gasteiger partial charge in [-0.2, -0.15) is 0 Å². The fourth-order valence-electron chi connectivity index (χ4n) is 2.52. The standard InChI is InChI=1S/C17H22BrFO3/c1-17(2,3)22-16(20)15(18)13-10-11(19)7-8-12(13)14-6-4-5-9-21-14/h7-8,10,14-15H,4-6,9H2,1-3H3. The minimum Gasteiger partial charge on any atom is -0.459 e. The Morgan fingerprint density at radius 3 is 2.73 bits per heavy atom. The first-order valence-electron chi connectivity index (χ1n) is 7.56. The van der Waals surface area contributed by atoms with E-state index < -0.39 is 16.4 Å². The van der Waals surface area contributed by atoms with Gasteiger partial charge in [0, 0.05) is 6.61 Å². The number of carbonyl (C=O) groups is 1. The van der Waals surface area contributed by atoms with E-state index in [4.69, 9.17) is 9.47 Å². The molecule has 1 saturated heterocycles. The van der Waals surface area contributed by atoms with Gasteiger partial charge in [0.2, 0.25) is 0 Å². The summed E-state index contributed by atoms with van der Waals surface area (Å²) in [4.78, 5) is 11.6. The lowest BCUT2D eigenvalue weighted by atomic mass is 9.95. The van der Waals surface area contributed by atoms with Crippen molar-refractivity contribution in [3.8, 4) is 0 Å². The molecule has 1 aromatic rings. The number of hydrogen-bond acceptors (Lipinski definition) is 3. The fourth-order valence-corrected chi connectivity index (χ4v) is 3.01. The molecule has 1 aliphatic rings. The molecular formula is C17H22BrFO3. The van der Waals surface area contributed by atoms with Gasteiger partial charge in [-0.05, 0) is 63.3 Å². The summed E-state index contributed by atoms with van der Waals surface area (Å²) in [5.74, 6) is -0.794. The number of halogens is 2. The van der Waals surface area contributed by atoms with Crippen LogP contribution in [0.1, 0.15) is 62.1 Å². The van der Waals surface area contributed by atoms with Crippen molar-refractivity contribution in [1.29, 1.82) is 0 Å². The Balaban J connectivity index is 2.28. The maximum absolute atomic E-state index is 13.7. The molecule has 22 heavy (non-hydrogen) atoms. The van der Waals surface area contributed by atoms with E-state index in [0.717, 1.165) is 24.8 Å². The lowest BCUT2D eigenvalue weighted by Crippen LogP contribution is -2.26. The molecule has 1 aromatic carbocycles. The summed E-state index contributed by atoms with van der Waals surface area (Å²) in [6.07, 6.45) is 2.90. The highest BCUT2D eigenvalue weighted by Crippen LogP contribution is 2.37. The predicted octanol–water partition coefficient (Wildman–Crippen LogP) is 4.85. The Hall–Kier alpha value is -0.940. The van der Waals surface area contributed by atoms with Crippen LogP contribution in [0.4, 0.5) is 4.39 Å². The Morgan fingerprint density at radius 2 is 2.14 bits per heavy atom. The summed E-state index contributed by atoms with van der Waals surface area (Å²) >= 11 is 3.36. The van der Waals surface area contributed by atoms with E-state index in [1.54, 1.807) is 26.8 Å². The summed E-state index contributed by atoms with van der Waals surface area (Å²) in [6.45, 7) is 6.12. The first-order valence-corrected chi connectivity index (χ1v) is 8.47. The number of hydrogen-bond donors (Lipinski definition) is 0. The summed E-state index contributed by atoms with van der Waals surface area (Å²) in [5.41, 5.74) is 0.854. The van der Waals surface area contributed by atoms with Gasteiger partial charge in [-0.25, -0.2) is 4.39 Å². The molecule has 0 aliphatic carbocycles. The summed E-state index contributed by atoms with van der Waals surface area (Å²) < 4.78 is 24.8. The molecule has 2 rings (SSSR count). The Bertz CT molecular complexity index is 533. The van der Waals surface area contributed by atoms with E-state index in [0.29, 0.717) is 12.2 Å². The van der Waals surface area contributed by atoms with Crippen LogP contribution in [-0.2, 0) is 14.3 Å². The molecule has 0 N–H and O–H groups in total. The lowest BCUT2D eigenvalue weighted by Gasteiger charge is -2.27. The van der Waals surface area contributed by atoms with Crippen molar-refractivity contribution < 1.29 is 18.7 Å². The number of esters is 1. The van der Waals surface area contributed by atoms with Crippen molar-refractivity contribution in [2.24, 2.45) is 0 Å². The minimum atomic E-state index is -0.706. The average Bonchev–Trinajstić information content (AvgIpc) is 2.45. The zero-order valence-corrected chi connectivity index (χ0v) is 14.8. The average molecular weight is 373 g/mol. The molecule has 0 amide bonds. The molecule has 2 atom stereocenters. The normalized spacial score (nSPS) is 20.5. The lowest BCUT2D eigenvalue weighted by molar-refractivity contribution is -0.154. The van der Waals surface area contributed by atoms with E-state index in [1.165, 1.54) is 12.1 Å². The van der Waals surface area contributed by atoms with Crippen LogP contribution in [0.2, 0.25) is 0 Å². The number of ether oxygens (including phenoxy) is 2. The monoisotopic (exact) mass is 372 g/mol. The van der Waals surface area contributed by atoms with Crippen LogP contribution in [0.5, 0.6) is 0 Å². The maximum atomic E-state index is 13.7. The van der Waals surface area contributed by atoms with Crippen LogP contribution in [0.15, 0.2) is 18.2 Å². The number of alkyl halides is 1. The topological polar surface area (TPSA) is 35.5 Å². The molecule has 0 spiro atoms. The number of rotatable bonds is 3. The molecule has 1 aliphatic heterocycles. The summed E-state index contributed by atoms with van der Waals surface area (Å²) in [7, 11) is 0. The van der Waals surface area contributed by atoms with Crippen molar-refractivity contribution in [3.05, 3.63) is 35.1 Å². The number of carbonyl (C=O) groups excluding carboxylic acids is 1. The van der Waals surface area contributed by atoms with Gasteiger partial charge >= 0.3 is 5.97 Å². The molecule has 2 unspecified atom stereocenters. The SMILES string of the molecule is CC(C)(C)OC(=O)C(Br)c1cc(F)ccc1C1CCCCO1. The zero-order chi connectivity index (χ0) is 16.3. The van der Waals surface area contributed by atoms with Crippen molar-refractivity contribution in [3.63, 3.8) is 0 Å². The Kier molecular flexibility index (Phi) is 5.61. The van der Waals surface area contributed by atoms with Gasteiger partial charge in [-0.1, -0.05) is 22.0 Å². The second-order valence-corrected chi connectivity index (χ2v) is 7.44. The van der Waals surface area contributed by atoms with E-state index >= 15 is 0 Å². The van der Waals surface area contributed by atoms with Crippen molar-refractivity contribution in [2.45, 2.75) is 56.6 Å². The first-order chi connectivity index (χ1) is 10.3. The van der Waals surface area contributed by atoms with Gasteiger partial charge in [0.1, 0.15) is 16.2 Å². The van der Waals surface area contributed by atoms with E-state index in [9.17, 15) is 9.18 Å². The minimum absolute atomic E-state index is 0.0909. The largest absolute Gasteiger partial charge is 0.459 e. The molecule has 3 nitrogen and oxygen atoms in total. The van der Waals surface area contributed by atoms with E-state index in [2.05, 4.69) is 15.9 Å². The van der Waals surface area contributed by atoms with Gasteiger partial charge in [0.05, 0.1) is 6.10 Å². The zero-order valence-electron chi connectivity index (χ0n) is 13.2. The third-order valence-electron chi connectivity index (χ3n) is 3.46. The van der Waals surface area contributed by atoms with Crippen molar-refractivity contribution >= 4 is 21.9 Å². The molecule has 0 bridgehead atoms. The molecule has 1 fully saturated rings. The van der Waals surface area contributed by atoms with Gasteiger partial charge < -0.3 is 9.47 Å². The predicted molar refractivity (Wildman–Crippen MR) is 86.5 cm³/mol. The molecule has 5 heteroatoms. The molecule has 0 aromatic heterocycles. The number of benzene rings is 1. The molecule has 0 radical (unpaired) electrons. The summed E-state index contributed by atoms with van der Waals surface area (Å²) in [5, 5.41) is 0. The summed E-state index contributed by atoms with van der Waals surface area (Å²) in [6, 6.07) is 4.50. The quantitative estimate of drug-likeness (QED) is 0.562. The van der Waals surface area contributed by atoms with Crippen LogP contribution in [-0.4, -0.2) is 18.2 Å². The smallest absolute Gasteiger partial charge is 0.324 e. The van der Waals surface area contributed by atoms with Crippen molar-refractivity contribution in [2.75, 3.05) is 6.61 Å². The Morgan fingerprint density at radius 1 is 1.41 bits per heavy atom. The molecular weight excluding hydrogens is 351 g/mol. The molecule has 122 valence electrons. The van der Waals surface area contributed by atoms with Gasteiger partial charge in [0.25, 0.3) is 0 Å². The highest BCUT2D eigenvalue weighted by Gasteiger charge is 2.29. The van der Waals surface area contributed by atoms with Crippen LogP contribution >= 0.6 is 15.9 Å². The third-order valence-corrected chi connectivity index (χ3v) is 4.33. The van der Waals surface area contributed by atoms with Gasteiger partial charge in [-0.15, -0.1) is 0 Å². The molecule has 0 saturated carbocycles. The third kappa shape index (κ3) is 4.53. The van der Waals surface area contributed by atoms with Gasteiger partial charge in [-0.3, -0.25) is 4.79 Å². The second kappa shape index (κ2) is 7.09. The van der Waals surface area contributed by atoms with Crippen LogP contribution in [0, 0.1) is 5.82 Å². The van der Waals surface area contributed by atoms with Crippen LogP contribution < -0.4 is 0 Å². The fraction of sp³-hybridized carbons (Fsp3) is 0.588. The highest BCUT2D eigenvalue weighted by molar-refractivity contribution is 9.09. The molecule has 1 heterocycles. The van der Waals surface area contributed by atoms with Crippen molar-refractivity contribution in [1.82, 2.24) is 0 Å². The van der Waals surface area contributed by atoms with Gasteiger partial charge in [0.15, 0.2) is 0 Å². The van der Waals surface area contributed by atoms with E-state index in [-0.39, 0.29) is 11.9 Å². The first kappa shape index (κ1) is 17.4. The Labute approximate surface area is 139 Å². The van der Waals surface area contributed by atoms with Crippen LogP contribution in [0.25, 0.3) is 0 Å².